The number of hydrogen-bond donors (Lipinski definition) is 1. The molecule has 0 saturated carbocycles. The van der Waals surface area contributed by atoms with Crippen LogP contribution in [0.3, 0.4) is 0 Å². The maximum absolute atomic E-state index is 11.7. The maximum atomic E-state index is 11.7. The Hall–Kier alpha value is -1.74. The Morgan fingerprint density at radius 3 is 1.45 bits per heavy atom. The van der Waals surface area contributed by atoms with Crippen molar-refractivity contribution in [1.82, 2.24) is 9.80 Å². The van der Waals surface area contributed by atoms with Gasteiger partial charge in [0.05, 0.1) is 6.10 Å². The van der Waals surface area contributed by atoms with Crippen LogP contribution in [0.15, 0.2) is 0 Å². The fourth-order valence-electron chi connectivity index (χ4n) is 2.99. The van der Waals surface area contributed by atoms with Crippen molar-refractivity contribution < 1.29 is 33.7 Å². The second-order valence-corrected chi connectivity index (χ2v) is 10.0. The van der Waals surface area contributed by atoms with Crippen LogP contribution in [0.25, 0.3) is 0 Å². The molecule has 0 aromatic heterocycles. The molecule has 31 heavy (non-hydrogen) atoms. The Kier molecular flexibility index (Phi) is 10.4. The number of nitrogens with zero attached hydrogens (tertiary/aromatic N) is 2. The number of carbonyl (C=O) groups excluding carboxylic acids is 3. The van der Waals surface area contributed by atoms with E-state index in [4.69, 9.17) is 25.8 Å². The lowest BCUT2D eigenvalue weighted by Gasteiger charge is -2.32. The third-order valence-corrected chi connectivity index (χ3v) is 4.56. The average Bonchev–Trinajstić information content (AvgIpc) is 2.60. The van der Waals surface area contributed by atoms with Gasteiger partial charge in [0.15, 0.2) is 0 Å². The number of amides is 2. The number of ether oxygens (including phenoxy) is 3. The first-order valence-corrected chi connectivity index (χ1v) is 11.0. The van der Waals surface area contributed by atoms with Gasteiger partial charge in [-0.25, -0.2) is 14.4 Å². The monoisotopic (exact) mass is 464 g/mol. The molecule has 2 amide bonds. The van der Waals surface area contributed by atoms with Gasteiger partial charge in [0.25, 0.3) is 0 Å². The number of carbonyl (C=O) groups is 3. The summed E-state index contributed by atoms with van der Waals surface area (Å²) in [6, 6.07) is 0. The zero-order valence-corrected chi connectivity index (χ0v) is 20.2. The molecule has 2 fully saturated rings. The fraction of sp³-hybridized carbons (Fsp3) is 0.857. The van der Waals surface area contributed by atoms with Crippen LogP contribution in [0.4, 0.5) is 14.4 Å². The van der Waals surface area contributed by atoms with Crippen molar-refractivity contribution in [3.05, 3.63) is 0 Å². The highest BCUT2D eigenvalue weighted by Crippen LogP contribution is 2.18. The quantitative estimate of drug-likeness (QED) is 0.459. The largest absolute Gasteiger partial charge is 0.450 e. The second-order valence-electron chi connectivity index (χ2n) is 9.72. The predicted octanol–water partition coefficient (Wildman–Crippen LogP) is 4.14. The van der Waals surface area contributed by atoms with Crippen molar-refractivity contribution in [2.24, 2.45) is 0 Å². The minimum atomic E-state index is -0.791. The molecule has 1 N–H and O–H groups in total. The Morgan fingerprint density at radius 2 is 1.13 bits per heavy atom. The van der Waals surface area contributed by atoms with Gasteiger partial charge < -0.3 is 29.1 Å². The van der Waals surface area contributed by atoms with Gasteiger partial charge in [-0.15, -0.1) is 0 Å². The normalized spacial score (nSPS) is 18.6. The van der Waals surface area contributed by atoms with E-state index in [1.807, 2.05) is 41.5 Å². The molecule has 2 aliphatic heterocycles. The highest BCUT2D eigenvalue weighted by Gasteiger charge is 2.28. The SMILES string of the molecule is CC(C)(C)OC(=O)N1CCC(O)CC1.CC(C)(C)OC(=O)N1CCC(OC(=O)Cl)CC1. The van der Waals surface area contributed by atoms with Crippen LogP contribution >= 0.6 is 11.6 Å². The van der Waals surface area contributed by atoms with E-state index >= 15 is 0 Å². The van der Waals surface area contributed by atoms with E-state index in [2.05, 4.69) is 0 Å². The molecular formula is C21H37ClN2O7. The van der Waals surface area contributed by atoms with E-state index in [-0.39, 0.29) is 24.4 Å². The zero-order chi connectivity index (χ0) is 23.8. The van der Waals surface area contributed by atoms with Crippen LogP contribution in [-0.4, -0.2) is 82.1 Å². The molecule has 0 radical (unpaired) electrons. The first-order chi connectivity index (χ1) is 14.2. The van der Waals surface area contributed by atoms with Crippen molar-refractivity contribution in [1.29, 1.82) is 0 Å². The standard InChI is InChI=1S/C11H18ClNO4.C10H19NO3/c1-11(2,3)17-10(15)13-6-4-8(5-7-13)16-9(12)14;1-10(2,3)14-9(13)11-6-4-8(12)5-7-11/h8H,4-7H2,1-3H3;8,12H,4-7H2,1-3H3. The Bertz CT molecular complexity index is 600. The fourth-order valence-corrected chi connectivity index (χ4v) is 3.11. The van der Waals surface area contributed by atoms with Crippen molar-refractivity contribution in [2.45, 2.75) is 90.6 Å². The smallest absolute Gasteiger partial charge is 0.410 e. The van der Waals surface area contributed by atoms with Gasteiger partial charge in [0.2, 0.25) is 0 Å². The number of aliphatic hydroxyl groups is 1. The van der Waals surface area contributed by atoms with E-state index in [1.165, 1.54) is 0 Å². The minimum absolute atomic E-state index is 0.196. The number of aliphatic hydroxyl groups excluding tert-OH is 1. The third-order valence-electron chi connectivity index (χ3n) is 4.47. The summed E-state index contributed by atoms with van der Waals surface area (Å²) in [6.07, 6.45) is 1.44. The van der Waals surface area contributed by atoms with Crippen LogP contribution in [0.1, 0.15) is 67.2 Å². The van der Waals surface area contributed by atoms with Crippen molar-refractivity contribution in [2.75, 3.05) is 26.2 Å². The molecule has 0 aliphatic carbocycles. The maximum Gasteiger partial charge on any atom is 0.410 e. The van der Waals surface area contributed by atoms with E-state index in [9.17, 15) is 19.5 Å². The third kappa shape index (κ3) is 12.0. The summed E-state index contributed by atoms with van der Waals surface area (Å²) in [6.45, 7) is 13.3. The highest BCUT2D eigenvalue weighted by atomic mass is 35.5. The van der Waals surface area contributed by atoms with Crippen LogP contribution in [0.2, 0.25) is 0 Å². The molecule has 0 spiro atoms. The van der Waals surface area contributed by atoms with Crippen molar-refractivity contribution in [3.8, 4) is 0 Å². The van der Waals surface area contributed by atoms with Gasteiger partial charge in [-0.2, -0.15) is 0 Å². The van der Waals surface area contributed by atoms with Gasteiger partial charge in [0.1, 0.15) is 17.3 Å². The van der Waals surface area contributed by atoms with Gasteiger partial charge in [-0.3, -0.25) is 0 Å². The van der Waals surface area contributed by atoms with Gasteiger partial charge in [-0.05, 0) is 54.4 Å². The van der Waals surface area contributed by atoms with Crippen molar-refractivity contribution in [3.63, 3.8) is 0 Å². The predicted molar refractivity (Wildman–Crippen MR) is 116 cm³/mol. The average molecular weight is 465 g/mol. The van der Waals surface area contributed by atoms with Crippen molar-refractivity contribution >= 4 is 29.2 Å². The molecule has 0 aromatic carbocycles. The molecule has 0 atom stereocenters. The summed E-state index contributed by atoms with van der Waals surface area (Å²) >= 11 is 5.13. The van der Waals surface area contributed by atoms with Gasteiger partial charge in [0, 0.05) is 50.6 Å². The van der Waals surface area contributed by atoms with Crippen LogP contribution in [0.5, 0.6) is 0 Å². The number of piperidine rings is 2. The minimum Gasteiger partial charge on any atom is -0.450 e. The summed E-state index contributed by atoms with van der Waals surface area (Å²) in [5.74, 6) is 0. The topological polar surface area (TPSA) is 106 Å². The van der Waals surface area contributed by atoms with E-state index < -0.39 is 16.6 Å². The van der Waals surface area contributed by atoms with Gasteiger partial charge >= 0.3 is 17.6 Å². The summed E-state index contributed by atoms with van der Waals surface area (Å²) < 4.78 is 15.3. The first kappa shape index (κ1) is 27.3. The number of rotatable bonds is 1. The lowest BCUT2D eigenvalue weighted by atomic mass is 10.1. The molecule has 180 valence electrons. The lowest BCUT2D eigenvalue weighted by molar-refractivity contribution is 0.00808. The number of likely N-dealkylation sites (tertiary alicyclic amines) is 2. The molecule has 2 saturated heterocycles. The highest BCUT2D eigenvalue weighted by molar-refractivity contribution is 6.61. The molecule has 0 aromatic rings. The molecule has 9 nitrogen and oxygen atoms in total. The Labute approximate surface area is 189 Å². The summed E-state index contributed by atoms with van der Waals surface area (Å²) in [5, 5.41) is 9.26. The Morgan fingerprint density at radius 1 is 0.774 bits per heavy atom. The number of halogens is 1. The van der Waals surface area contributed by atoms with Gasteiger partial charge in [-0.1, -0.05) is 0 Å². The van der Waals surface area contributed by atoms with E-state index in [0.29, 0.717) is 51.9 Å². The lowest BCUT2D eigenvalue weighted by Crippen LogP contribution is -2.43. The summed E-state index contributed by atoms with van der Waals surface area (Å²) in [5.41, 5.74) is -1.72. The molecule has 2 rings (SSSR count). The molecule has 10 heteroatoms. The van der Waals surface area contributed by atoms with E-state index in [0.717, 1.165) is 0 Å². The molecule has 2 heterocycles. The van der Waals surface area contributed by atoms with Crippen LogP contribution in [-0.2, 0) is 14.2 Å². The van der Waals surface area contributed by atoms with E-state index in [1.54, 1.807) is 9.80 Å². The van der Waals surface area contributed by atoms with Crippen LogP contribution < -0.4 is 0 Å². The molecule has 2 aliphatic rings. The molecule has 0 bridgehead atoms. The second kappa shape index (κ2) is 11.8. The van der Waals surface area contributed by atoms with Crippen LogP contribution in [0, 0.1) is 0 Å². The summed E-state index contributed by atoms with van der Waals surface area (Å²) in [4.78, 5) is 37.1. The first-order valence-electron chi connectivity index (χ1n) is 10.7. The molecular weight excluding hydrogens is 428 g/mol. The molecule has 0 unspecified atom stereocenters. The zero-order valence-electron chi connectivity index (χ0n) is 19.5. The Balaban J connectivity index is 0.000000316. The number of hydrogen-bond acceptors (Lipinski definition) is 7. The summed E-state index contributed by atoms with van der Waals surface area (Å²) in [7, 11) is 0.